The van der Waals surface area contributed by atoms with E-state index in [1.54, 1.807) is 0 Å². The molecule has 6 heteroatoms. The zero-order chi connectivity index (χ0) is 37.0. The van der Waals surface area contributed by atoms with Crippen LogP contribution in [0.3, 0.4) is 0 Å². The van der Waals surface area contributed by atoms with Crippen molar-refractivity contribution in [3.8, 4) is 68.3 Å². The summed E-state index contributed by atoms with van der Waals surface area (Å²) in [6.07, 6.45) is 4.22. The average molecular weight is 699 g/mol. The second-order valence-corrected chi connectivity index (χ2v) is 13.7. The normalized spacial score (nSPS) is 11.3. The lowest BCUT2D eigenvalue weighted by Gasteiger charge is -2.09. The van der Waals surface area contributed by atoms with E-state index in [-0.39, 0.29) is 0 Å². The van der Waals surface area contributed by atoms with Crippen molar-refractivity contribution in [2.45, 2.75) is 27.7 Å². The number of nitrogens with zero attached hydrogens (tertiary/aromatic N) is 6. The third-order valence-electron chi connectivity index (χ3n) is 9.18. The molecule has 6 nitrogen and oxygen atoms in total. The average Bonchev–Trinajstić information content (AvgIpc) is 3.20. The molecule has 0 aliphatic rings. The first-order valence-electron chi connectivity index (χ1n) is 18.0. The molecule has 0 radical (unpaired) electrons. The van der Waals surface area contributed by atoms with Crippen molar-refractivity contribution in [2.24, 2.45) is 0 Å². The maximum atomic E-state index is 4.92. The summed E-state index contributed by atoms with van der Waals surface area (Å²) in [4.78, 5) is 29.4. The number of benzene rings is 6. The molecular formula is C48H38N6. The SMILES string of the molecule is Cc1cccc(-c2nc(-c3ccc(C=Cc4ccc(-c5nc(-c6cccc(C)c6)nc(-c6cccc(C)c6)n5)cc4)cc3)nc(-c3cccc(C)c3)n2)c1. The molecule has 0 aliphatic carbocycles. The zero-order valence-corrected chi connectivity index (χ0v) is 30.7. The molecule has 0 bridgehead atoms. The Hall–Kier alpha value is -6.92. The van der Waals surface area contributed by atoms with Crippen LogP contribution in [0.2, 0.25) is 0 Å². The van der Waals surface area contributed by atoms with Crippen LogP contribution >= 0.6 is 0 Å². The Morgan fingerprint density at radius 1 is 0.278 bits per heavy atom. The molecule has 2 aromatic heterocycles. The van der Waals surface area contributed by atoms with Crippen LogP contribution in [0.15, 0.2) is 146 Å². The Balaban J connectivity index is 1.06. The van der Waals surface area contributed by atoms with E-state index >= 15 is 0 Å². The fraction of sp³-hybridized carbons (Fsp3) is 0.0833. The molecule has 0 N–H and O–H groups in total. The van der Waals surface area contributed by atoms with Gasteiger partial charge in [-0.3, -0.25) is 0 Å². The van der Waals surface area contributed by atoms with E-state index in [1.165, 1.54) is 0 Å². The summed E-state index contributed by atoms with van der Waals surface area (Å²) in [6.45, 7) is 8.31. The van der Waals surface area contributed by atoms with Gasteiger partial charge in [-0.1, -0.05) is 156 Å². The van der Waals surface area contributed by atoms with Crippen LogP contribution in [0.1, 0.15) is 33.4 Å². The number of aromatic nitrogens is 6. The van der Waals surface area contributed by atoms with Crippen molar-refractivity contribution >= 4 is 12.2 Å². The fourth-order valence-corrected chi connectivity index (χ4v) is 6.34. The molecule has 54 heavy (non-hydrogen) atoms. The second kappa shape index (κ2) is 15.0. The number of hydrogen-bond acceptors (Lipinski definition) is 6. The van der Waals surface area contributed by atoms with Gasteiger partial charge >= 0.3 is 0 Å². The van der Waals surface area contributed by atoms with Crippen LogP contribution < -0.4 is 0 Å². The van der Waals surface area contributed by atoms with Gasteiger partial charge < -0.3 is 0 Å². The first-order valence-corrected chi connectivity index (χ1v) is 18.0. The minimum absolute atomic E-state index is 0.638. The van der Waals surface area contributed by atoms with Crippen LogP contribution in [0.4, 0.5) is 0 Å². The molecule has 8 aromatic rings. The van der Waals surface area contributed by atoms with E-state index in [9.17, 15) is 0 Å². The van der Waals surface area contributed by atoms with Crippen LogP contribution in [0, 0.1) is 27.7 Å². The molecule has 0 unspecified atom stereocenters. The smallest absolute Gasteiger partial charge is 0.164 e. The highest BCUT2D eigenvalue weighted by molar-refractivity contribution is 5.74. The maximum absolute atomic E-state index is 4.92. The monoisotopic (exact) mass is 698 g/mol. The van der Waals surface area contributed by atoms with Gasteiger partial charge in [-0.05, 0) is 63.1 Å². The van der Waals surface area contributed by atoms with E-state index in [1.807, 2.05) is 48.5 Å². The Labute approximate surface area is 316 Å². The number of aryl methyl sites for hydroxylation is 4. The van der Waals surface area contributed by atoms with Crippen molar-refractivity contribution in [3.63, 3.8) is 0 Å². The second-order valence-electron chi connectivity index (χ2n) is 13.7. The highest BCUT2D eigenvalue weighted by Gasteiger charge is 2.14. The predicted molar refractivity (Wildman–Crippen MR) is 220 cm³/mol. The van der Waals surface area contributed by atoms with E-state index in [0.29, 0.717) is 34.9 Å². The van der Waals surface area contributed by atoms with Gasteiger partial charge in [0.2, 0.25) is 0 Å². The van der Waals surface area contributed by atoms with Gasteiger partial charge in [0.1, 0.15) is 0 Å². The minimum Gasteiger partial charge on any atom is -0.208 e. The van der Waals surface area contributed by atoms with Gasteiger partial charge in [-0.25, -0.2) is 29.9 Å². The quantitative estimate of drug-likeness (QED) is 0.147. The number of rotatable bonds is 8. The van der Waals surface area contributed by atoms with Gasteiger partial charge in [0, 0.05) is 33.4 Å². The Morgan fingerprint density at radius 3 is 0.759 bits per heavy atom. The lowest BCUT2D eigenvalue weighted by molar-refractivity contribution is 1.07. The van der Waals surface area contributed by atoms with Crippen LogP contribution in [-0.2, 0) is 0 Å². The zero-order valence-electron chi connectivity index (χ0n) is 30.7. The number of hydrogen-bond donors (Lipinski definition) is 0. The largest absolute Gasteiger partial charge is 0.208 e. The molecule has 0 saturated carbocycles. The Bertz CT molecular complexity index is 2330. The Kier molecular flexibility index (Phi) is 9.48. The lowest BCUT2D eigenvalue weighted by Crippen LogP contribution is -2.00. The molecule has 2 heterocycles. The summed E-state index contributed by atoms with van der Waals surface area (Å²) < 4.78 is 0. The molecule has 0 amide bonds. The first kappa shape index (κ1) is 34.2. The molecular weight excluding hydrogens is 661 g/mol. The van der Waals surface area contributed by atoms with Crippen LogP contribution in [0.25, 0.3) is 80.5 Å². The van der Waals surface area contributed by atoms with Crippen molar-refractivity contribution in [2.75, 3.05) is 0 Å². The highest BCUT2D eigenvalue weighted by atomic mass is 15.0. The van der Waals surface area contributed by atoms with Crippen LogP contribution in [-0.4, -0.2) is 29.9 Å². The van der Waals surface area contributed by atoms with Gasteiger partial charge in [0.25, 0.3) is 0 Å². The van der Waals surface area contributed by atoms with Gasteiger partial charge in [0.15, 0.2) is 34.9 Å². The van der Waals surface area contributed by atoms with Gasteiger partial charge in [-0.15, -0.1) is 0 Å². The van der Waals surface area contributed by atoms with Crippen molar-refractivity contribution in [1.29, 1.82) is 0 Å². The lowest BCUT2D eigenvalue weighted by atomic mass is 10.1. The molecule has 0 saturated heterocycles. The fourth-order valence-electron chi connectivity index (χ4n) is 6.34. The van der Waals surface area contributed by atoms with Crippen molar-refractivity contribution in [3.05, 3.63) is 179 Å². The molecule has 260 valence electrons. The van der Waals surface area contributed by atoms with Gasteiger partial charge in [-0.2, -0.15) is 0 Å². The molecule has 6 aromatic carbocycles. The highest BCUT2D eigenvalue weighted by Crippen LogP contribution is 2.28. The first-order chi connectivity index (χ1) is 26.3. The molecule has 0 spiro atoms. The van der Waals surface area contributed by atoms with Crippen LogP contribution in [0.5, 0.6) is 0 Å². The summed E-state index contributed by atoms with van der Waals surface area (Å²) in [6, 6.07) is 49.7. The molecule has 0 atom stereocenters. The Morgan fingerprint density at radius 2 is 0.519 bits per heavy atom. The standard InChI is InChI=1S/C48H38N6/c1-31-9-5-13-39(27-31)45-49-43(50-46(53-45)40-14-6-10-32(2)28-40)37-23-19-35(20-24-37)17-18-36-21-25-38(26-22-36)44-51-47(41-15-7-11-33(3)29-41)54-48(52-44)42-16-8-12-34(4)30-42/h5-30H,1-4H3. The summed E-state index contributed by atoms with van der Waals surface area (Å²) in [5.41, 5.74) is 12.5. The van der Waals surface area contributed by atoms with Crippen molar-refractivity contribution < 1.29 is 0 Å². The third-order valence-corrected chi connectivity index (χ3v) is 9.18. The van der Waals surface area contributed by atoms with Gasteiger partial charge in [0.05, 0.1) is 0 Å². The third kappa shape index (κ3) is 7.78. The van der Waals surface area contributed by atoms with E-state index in [4.69, 9.17) is 29.9 Å². The predicted octanol–water partition coefficient (Wildman–Crippen LogP) is 11.5. The van der Waals surface area contributed by atoms with E-state index < -0.39 is 0 Å². The topological polar surface area (TPSA) is 77.3 Å². The molecule has 8 rings (SSSR count). The molecule has 0 fully saturated rings. The minimum atomic E-state index is 0.638. The molecule has 0 aliphatic heterocycles. The van der Waals surface area contributed by atoms with E-state index in [2.05, 4.69) is 137 Å². The van der Waals surface area contributed by atoms with Crippen molar-refractivity contribution in [1.82, 2.24) is 29.9 Å². The summed E-state index contributed by atoms with van der Waals surface area (Å²) in [5.74, 6) is 3.90. The maximum Gasteiger partial charge on any atom is 0.164 e. The van der Waals surface area contributed by atoms with E-state index in [0.717, 1.165) is 66.8 Å². The summed E-state index contributed by atoms with van der Waals surface area (Å²) >= 11 is 0. The summed E-state index contributed by atoms with van der Waals surface area (Å²) in [7, 11) is 0. The summed E-state index contributed by atoms with van der Waals surface area (Å²) in [5, 5.41) is 0.